The largest absolute Gasteiger partial charge is 0.393 e. The highest BCUT2D eigenvalue weighted by molar-refractivity contribution is 7.90. The maximum Gasteiger partial charge on any atom is 0.301 e. The molecule has 1 aliphatic carbocycles. The molecular formula is C22H25FN6O4S. The number of nitrogens with zero attached hydrogens (tertiary/aromatic N) is 4. The minimum absolute atomic E-state index is 0.0611. The molecule has 3 heterocycles. The van der Waals surface area contributed by atoms with E-state index < -0.39 is 21.8 Å². The summed E-state index contributed by atoms with van der Waals surface area (Å²) in [4.78, 5) is 26.8. The van der Waals surface area contributed by atoms with Gasteiger partial charge < -0.3 is 15.0 Å². The number of aliphatic hydroxyl groups excluding tert-OH is 1. The maximum absolute atomic E-state index is 15.4. The molecule has 1 saturated carbocycles. The second kappa shape index (κ2) is 8.60. The van der Waals surface area contributed by atoms with Crippen LogP contribution in [0.15, 0.2) is 30.7 Å². The summed E-state index contributed by atoms with van der Waals surface area (Å²) in [7, 11) is -2.09. The van der Waals surface area contributed by atoms with E-state index in [0.29, 0.717) is 42.8 Å². The Balaban J connectivity index is 1.49. The zero-order valence-electron chi connectivity index (χ0n) is 18.5. The first-order valence-corrected chi connectivity index (χ1v) is 12.5. The maximum atomic E-state index is 15.4. The molecule has 3 N–H and O–H groups in total. The van der Waals surface area contributed by atoms with E-state index >= 15 is 4.39 Å². The van der Waals surface area contributed by atoms with Crippen LogP contribution in [0.2, 0.25) is 0 Å². The number of carbonyl (C=O) groups excluding carboxylic acids is 1. The van der Waals surface area contributed by atoms with Crippen molar-refractivity contribution in [3.63, 3.8) is 0 Å². The Kier molecular flexibility index (Phi) is 5.74. The standard InChI is InChI=1S/C22H25FN6O4S/c1-28(13-9-14(30)10-13)22-18-16(11-24-21(18)25-12-26-22)20(31)15-5-4-6-17(19(15)23)27-34(32,33)29-7-2-3-8-29/h4-6,11-14,27,30H,2-3,7-10H2,1H3,(H,24,25,26). The van der Waals surface area contributed by atoms with E-state index in [4.69, 9.17) is 0 Å². The van der Waals surface area contributed by atoms with E-state index in [1.807, 2.05) is 11.9 Å². The van der Waals surface area contributed by atoms with Crippen molar-refractivity contribution in [2.75, 3.05) is 29.8 Å². The van der Waals surface area contributed by atoms with Crippen LogP contribution in [-0.2, 0) is 10.2 Å². The molecule has 0 spiro atoms. The Morgan fingerprint density at radius 1 is 1.24 bits per heavy atom. The summed E-state index contributed by atoms with van der Waals surface area (Å²) < 4.78 is 44.1. The Morgan fingerprint density at radius 3 is 2.68 bits per heavy atom. The molecule has 0 radical (unpaired) electrons. The predicted molar refractivity (Wildman–Crippen MR) is 125 cm³/mol. The van der Waals surface area contributed by atoms with E-state index in [1.165, 1.54) is 35.0 Å². The van der Waals surface area contributed by atoms with Crippen LogP contribution in [0.5, 0.6) is 0 Å². The fourth-order valence-corrected chi connectivity index (χ4v) is 5.81. The fourth-order valence-electron chi connectivity index (χ4n) is 4.50. The summed E-state index contributed by atoms with van der Waals surface area (Å²) in [6, 6.07) is 4.11. The molecule has 0 unspecified atom stereocenters. The molecule has 10 nitrogen and oxygen atoms in total. The third kappa shape index (κ3) is 3.91. The van der Waals surface area contributed by atoms with Gasteiger partial charge in [-0.3, -0.25) is 9.52 Å². The topological polar surface area (TPSA) is 132 Å². The molecule has 0 amide bonds. The highest BCUT2D eigenvalue weighted by Crippen LogP contribution is 2.34. The molecule has 0 bridgehead atoms. The summed E-state index contributed by atoms with van der Waals surface area (Å²) in [5.41, 5.74) is 0.0517. The molecule has 0 atom stereocenters. The predicted octanol–water partition coefficient (Wildman–Crippen LogP) is 2.04. The highest BCUT2D eigenvalue weighted by Gasteiger charge is 2.33. The van der Waals surface area contributed by atoms with Crippen LogP contribution in [0.4, 0.5) is 15.9 Å². The zero-order chi connectivity index (χ0) is 24.0. The third-order valence-corrected chi connectivity index (χ3v) is 8.07. The van der Waals surface area contributed by atoms with Crippen LogP contribution >= 0.6 is 0 Å². The molecule has 2 aromatic heterocycles. The summed E-state index contributed by atoms with van der Waals surface area (Å²) in [6.45, 7) is 0.748. The number of nitrogens with one attached hydrogen (secondary N) is 2. The van der Waals surface area contributed by atoms with Crippen molar-refractivity contribution >= 4 is 38.5 Å². The van der Waals surface area contributed by atoms with E-state index in [-0.39, 0.29) is 29.0 Å². The number of H-pyrrole nitrogens is 1. The van der Waals surface area contributed by atoms with Gasteiger partial charge in [-0.2, -0.15) is 12.7 Å². The summed E-state index contributed by atoms with van der Waals surface area (Å²) in [5.74, 6) is -1.07. The van der Waals surface area contributed by atoms with Gasteiger partial charge in [-0.1, -0.05) is 6.07 Å². The molecule has 5 rings (SSSR count). The summed E-state index contributed by atoms with van der Waals surface area (Å²) in [5, 5.41) is 10.1. The Morgan fingerprint density at radius 2 is 1.97 bits per heavy atom. The van der Waals surface area contributed by atoms with Gasteiger partial charge in [-0.15, -0.1) is 0 Å². The summed E-state index contributed by atoms with van der Waals surface area (Å²) >= 11 is 0. The number of aliphatic hydroxyl groups is 1. The van der Waals surface area contributed by atoms with Crippen molar-refractivity contribution in [2.24, 2.45) is 0 Å². The highest BCUT2D eigenvalue weighted by atomic mass is 32.2. The molecule has 2 fully saturated rings. The number of ketones is 1. The lowest BCUT2D eigenvalue weighted by Crippen LogP contribution is -2.45. The van der Waals surface area contributed by atoms with E-state index in [2.05, 4.69) is 19.7 Å². The lowest BCUT2D eigenvalue weighted by molar-refractivity contribution is 0.0749. The molecule has 3 aromatic rings. The molecule has 2 aliphatic rings. The lowest BCUT2D eigenvalue weighted by atomic mass is 9.88. The van der Waals surface area contributed by atoms with Gasteiger partial charge in [-0.25, -0.2) is 14.4 Å². The first-order valence-electron chi connectivity index (χ1n) is 11.1. The van der Waals surface area contributed by atoms with Gasteiger partial charge in [0.15, 0.2) is 11.6 Å². The smallest absolute Gasteiger partial charge is 0.301 e. The molecule has 34 heavy (non-hydrogen) atoms. The average Bonchev–Trinajstić information content (AvgIpc) is 3.48. The fraction of sp³-hybridized carbons (Fsp3) is 0.409. The zero-order valence-corrected chi connectivity index (χ0v) is 19.3. The summed E-state index contributed by atoms with van der Waals surface area (Å²) in [6.07, 6.45) is 5.14. The van der Waals surface area contributed by atoms with Gasteiger partial charge in [0.1, 0.15) is 17.8 Å². The molecule has 1 aromatic carbocycles. The van der Waals surface area contributed by atoms with Crippen molar-refractivity contribution in [1.82, 2.24) is 19.3 Å². The monoisotopic (exact) mass is 488 g/mol. The van der Waals surface area contributed by atoms with Crippen LogP contribution in [0.1, 0.15) is 41.6 Å². The van der Waals surface area contributed by atoms with Crippen molar-refractivity contribution in [1.29, 1.82) is 0 Å². The Labute approximate surface area is 196 Å². The molecule has 180 valence electrons. The molecular weight excluding hydrogens is 463 g/mol. The molecule has 1 aliphatic heterocycles. The average molecular weight is 489 g/mol. The third-order valence-electron chi connectivity index (χ3n) is 6.55. The van der Waals surface area contributed by atoms with Crippen molar-refractivity contribution in [2.45, 2.75) is 37.8 Å². The van der Waals surface area contributed by atoms with Gasteiger partial charge in [0.25, 0.3) is 0 Å². The second-order valence-electron chi connectivity index (χ2n) is 8.72. The van der Waals surface area contributed by atoms with Crippen LogP contribution in [0, 0.1) is 5.82 Å². The van der Waals surface area contributed by atoms with E-state index in [0.717, 1.165) is 12.8 Å². The van der Waals surface area contributed by atoms with E-state index in [9.17, 15) is 18.3 Å². The normalized spacial score (nSPS) is 20.9. The Bertz CT molecular complexity index is 1350. The number of rotatable bonds is 7. The first kappa shape index (κ1) is 22.7. The minimum Gasteiger partial charge on any atom is -0.393 e. The van der Waals surface area contributed by atoms with E-state index in [1.54, 1.807) is 0 Å². The van der Waals surface area contributed by atoms with Gasteiger partial charge >= 0.3 is 10.2 Å². The first-order chi connectivity index (χ1) is 16.3. The van der Waals surface area contributed by atoms with Crippen LogP contribution in [0.3, 0.4) is 0 Å². The van der Waals surface area contributed by atoms with Crippen molar-refractivity contribution in [3.8, 4) is 0 Å². The number of benzene rings is 1. The number of hydrogen-bond donors (Lipinski definition) is 3. The van der Waals surface area contributed by atoms with Gasteiger partial charge in [0.2, 0.25) is 0 Å². The molecule has 1 saturated heterocycles. The van der Waals surface area contributed by atoms with Crippen molar-refractivity contribution < 1.29 is 22.7 Å². The quantitative estimate of drug-likeness (QED) is 0.434. The van der Waals surface area contributed by atoms with Crippen molar-refractivity contribution in [3.05, 3.63) is 47.7 Å². The number of carbonyl (C=O) groups is 1. The number of aromatic nitrogens is 3. The number of aromatic amines is 1. The van der Waals surface area contributed by atoms with Gasteiger partial charge in [0, 0.05) is 32.4 Å². The lowest BCUT2D eigenvalue weighted by Gasteiger charge is -2.39. The number of anilines is 2. The van der Waals surface area contributed by atoms with Crippen LogP contribution in [0.25, 0.3) is 11.0 Å². The van der Waals surface area contributed by atoms with Gasteiger partial charge in [-0.05, 0) is 37.8 Å². The van der Waals surface area contributed by atoms with Crippen LogP contribution in [-0.4, -0.2) is 70.8 Å². The second-order valence-corrected chi connectivity index (χ2v) is 10.4. The number of fused-ring (bicyclic) bond motifs is 1. The SMILES string of the molecule is CN(c1ncnc2[nH]cc(C(=O)c3cccc(NS(=O)(=O)N4CCCC4)c3F)c12)C1CC(O)C1. The number of hydrogen-bond acceptors (Lipinski definition) is 7. The molecule has 12 heteroatoms. The van der Waals surface area contributed by atoms with Gasteiger partial charge in [0.05, 0.1) is 28.3 Å². The Hall–Kier alpha value is -3.09. The minimum atomic E-state index is -3.92. The number of halogens is 1. The van der Waals surface area contributed by atoms with Crippen LogP contribution < -0.4 is 9.62 Å².